The number of hydrogen-bond donors (Lipinski definition) is 1. The van der Waals surface area contributed by atoms with Gasteiger partial charge in [-0.15, -0.1) is 0 Å². The van der Waals surface area contributed by atoms with Crippen LogP contribution in [0.25, 0.3) is 0 Å². The Hall–Kier alpha value is -2.41. The predicted molar refractivity (Wildman–Crippen MR) is 116 cm³/mol. The second-order valence-electron chi connectivity index (χ2n) is 9.60. The molecular formula is C24H32N4O3. The smallest absolute Gasteiger partial charge is 0.325 e. The van der Waals surface area contributed by atoms with Gasteiger partial charge in [0.1, 0.15) is 5.54 Å². The molecule has 4 amide bonds. The van der Waals surface area contributed by atoms with Crippen molar-refractivity contribution in [2.24, 2.45) is 5.92 Å². The summed E-state index contributed by atoms with van der Waals surface area (Å²) in [6, 6.07) is 10.1. The van der Waals surface area contributed by atoms with E-state index in [0.29, 0.717) is 38.8 Å². The maximum atomic E-state index is 13.4. The first-order valence-corrected chi connectivity index (χ1v) is 11.8. The summed E-state index contributed by atoms with van der Waals surface area (Å²) < 4.78 is 0. The molecule has 4 aliphatic rings. The lowest BCUT2D eigenvalue weighted by Crippen LogP contribution is -2.56. The van der Waals surface area contributed by atoms with Gasteiger partial charge in [-0.05, 0) is 50.5 Å². The number of rotatable bonds is 5. The van der Waals surface area contributed by atoms with Gasteiger partial charge in [-0.1, -0.05) is 30.3 Å². The van der Waals surface area contributed by atoms with E-state index in [0.717, 1.165) is 38.9 Å². The largest absolute Gasteiger partial charge is 0.342 e. The Morgan fingerprint density at radius 1 is 0.968 bits per heavy atom. The number of carbonyl (C=O) groups is 3. The number of piperidine rings is 2. The third kappa shape index (κ3) is 4.07. The molecule has 3 saturated heterocycles. The van der Waals surface area contributed by atoms with E-state index in [-0.39, 0.29) is 29.8 Å². The molecule has 7 nitrogen and oxygen atoms in total. The molecule has 1 aromatic carbocycles. The Morgan fingerprint density at radius 3 is 2.29 bits per heavy atom. The minimum absolute atomic E-state index is 0.0489. The molecule has 166 valence electrons. The van der Waals surface area contributed by atoms with Gasteiger partial charge in [0, 0.05) is 44.7 Å². The van der Waals surface area contributed by atoms with Gasteiger partial charge in [-0.25, -0.2) is 4.79 Å². The standard InChI is InChI=1S/C24H32N4O3/c29-21(19-6-7-19)27-14-9-20(10-15-27)28-22(30)24(25-23(28)31)11-16-26(17-12-24)13-8-18-4-2-1-3-5-18/h1-5,19-20H,6-17H2,(H,25,31). The lowest BCUT2D eigenvalue weighted by Gasteiger charge is -2.39. The zero-order valence-electron chi connectivity index (χ0n) is 18.1. The van der Waals surface area contributed by atoms with Crippen LogP contribution >= 0.6 is 0 Å². The number of urea groups is 1. The van der Waals surface area contributed by atoms with Gasteiger partial charge in [-0.2, -0.15) is 0 Å². The van der Waals surface area contributed by atoms with E-state index in [1.807, 2.05) is 11.0 Å². The number of imide groups is 1. The highest BCUT2D eigenvalue weighted by atomic mass is 16.2. The van der Waals surface area contributed by atoms with E-state index in [9.17, 15) is 14.4 Å². The Morgan fingerprint density at radius 2 is 1.65 bits per heavy atom. The van der Waals surface area contributed by atoms with E-state index < -0.39 is 5.54 Å². The van der Waals surface area contributed by atoms with Gasteiger partial charge in [0.15, 0.2) is 0 Å². The number of hydrogen-bond acceptors (Lipinski definition) is 4. The molecule has 3 aliphatic heterocycles. The molecule has 0 aromatic heterocycles. The molecule has 4 fully saturated rings. The topological polar surface area (TPSA) is 73.0 Å². The average molecular weight is 425 g/mol. The van der Waals surface area contributed by atoms with Crippen molar-refractivity contribution in [3.63, 3.8) is 0 Å². The maximum Gasteiger partial charge on any atom is 0.325 e. The third-order valence-corrected chi connectivity index (χ3v) is 7.53. The van der Waals surface area contributed by atoms with Crippen LogP contribution in [-0.4, -0.2) is 76.8 Å². The maximum absolute atomic E-state index is 13.4. The monoisotopic (exact) mass is 424 g/mol. The van der Waals surface area contributed by atoms with Crippen molar-refractivity contribution in [1.82, 2.24) is 20.0 Å². The lowest BCUT2D eigenvalue weighted by atomic mass is 9.86. The third-order valence-electron chi connectivity index (χ3n) is 7.53. The Bertz CT molecular complexity index is 838. The number of likely N-dealkylation sites (tertiary alicyclic amines) is 2. The van der Waals surface area contributed by atoms with E-state index in [1.54, 1.807) is 0 Å². The van der Waals surface area contributed by atoms with Crippen LogP contribution in [0.4, 0.5) is 4.79 Å². The normalized spacial score (nSPS) is 24.6. The van der Waals surface area contributed by atoms with Gasteiger partial charge in [0.25, 0.3) is 5.91 Å². The Kier molecular flexibility index (Phi) is 5.46. The molecule has 1 aromatic rings. The predicted octanol–water partition coefficient (Wildman–Crippen LogP) is 2.02. The summed E-state index contributed by atoms with van der Waals surface area (Å²) in [7, 11) is 0. The first kappa shape index (κ1) is 20.5. The molecule has 0 atom stereocenters. The van der Waals surface area contributed by atoms with Crippen molar-refractivity contribution in [3.05, 3.63) is 35.9 Å². The lowest BCUT2D eigenvalue weighted by molar-refractivity contribution is -0.137. The van der Waals surface area contributed by atoms with E-state index in [4.69, 9.17) is 0 Å². The van der Waals surface area contributed by atoms with E-state index >= 15 is 0 Å². The van der Waals surface area contributed by atoms with Gasteiger partial charge < -0.3 is 15.1 Å². The zero-order valence-corrected chi connectivity index (χ0v) is 18.1. The molecule has 1 N–H and O–H groups in total. The number of nitrogens with zero attached hydrogens (tertiary/aromatic N) is 3. The highest BCUT2D eigenvalue weighted by molar-refractivity contribution is 6.07. The molecule has 3 heterocycles. The molecule has 7 heteroatoms. The zero-order chi connectivity index (χ0) is 21.4. The van der Waals surface area contributed by atoms with Crippen molar-refractivity contribution >= 4 is 17.8 Å². The van der Waals surface area contributed by atoms with Crippen molar-refractivity contribution in [2.75, 3.05) is 32.7 Å². The molecule has 0 unspecified atom stereocenters. The Balaban J connectivity index is 1.14. The van der Waals surface area contributed by atoms with Crippen LogP contribution in [-0.2, 0) is 16.0 Å². The minimum Gasteiger partial charge on any atom is -0.342 e. The fourth-order valence-electron chi connectivity index (χ4n) is 5.33. The van der Waals surface area contributed by atoms with Crippen LogP contribution < -0.4 is 5.32 Å². The van der Waals surface area contributed by atoms with Crippen molar-refractivity contribution in [2.45, 2.75) is 56.5 Å². The molecule has 5 rings (SSSR count). The van der Waals surface area contributed by atoms with Crippen LogP contribution in [0.3, 0.4) is 0 Å². The highest BCUT2D eigenvalue weighted by Gasteiger charge is 2.54. The second-order valence-corrected chi connectivity index (χ2v) is 9.60. The van der Waals surface area contributed by atoms with Crippen molar-refractivity contribution in [3.8, 4) is 0 Å². The Labute approximate surface area is 183 Å². The van der Waals surface area contributed by atoms with Crippen molar-refractivity contribution in [1.29, 1.82) is 0 Å². The van der Waals surface area contributed by atoms with E-state index in [2.05, 4.69) is 34.5 Å². The SMILES string of the molecule is O=C(C1CC1)N1CCC(N2C(=O)NC3(CCN(CCc4ccccc4)CC3)C2=O)CC1. The summed E-state index contributed by atoms with van der Waals surface area (Å²) in [5.74, 6) is 0.436. The molecule has 1 aliphatic carbocycles. The van der Waals surface area contributed by atoms with Crippen LogP contribution in [0, 0.1) is 5.92 Å². The number of amides is 4. The summed E-state index contributed by atoms with van der Waals surface area (Å²) in [6.07, 6.45) is 5.74. The summed E-state index contributed by atoms with van der Waals surface area (Å²) in [5, 5.41) is 3.05. The fourth-order valence-corrected chi connectivity index (χ4v) is 5.33. The number of nitrogens with one attached hydrogen (secondary N) is 1. The highest BCUT2D eigenvalue weighted by Crippen LogP contribution is 2.35. The molecule has 0 bridgehead atoms. The van der Waals surface area contributed by atoms with Gasteiger partial charge in [0.2, 0.25) is 5.91 Å². The molecule has 1 saturated carbocycles. The van der Waals surface area contributed by atoms with Gasteiger partial charge in [0.05, 0.1) is 0 Å². The molecular weight excluding hydrogens is 392 g/mol. The van der Waals surface area contributed by atoms with E-state index in [1.165, 1.54) is 10.5 Å². The molecule has 31 heavy (non-hydrogen) atoms. The summed E-state index contributed by atoms with van der Waals surface area (Å²) in [4.78, 5) is 44.2. The van der Waals surface area contributed by atoms with Crippen LogP contribution in [0.1, 0.15) is 44.1 Å². The molecule has 1 spiro atoms. The summed E-state index contributed by atoms with van der Waals surface area (Å²) in [5.41, 5.74) is 0.590. The average Bonchev–Trinajstić information content (AvgIpc) is 3.62. The summed E-state index contributed by atoms with van der Waals surface area (Å²) in [6.45, 7) is 3.91. The van der Waals surface area contributed by atoms with Crippen LogP contribution in [0.5, 0.6) is 0 Å². The first-order chi connectivity index (χ1) is 15.1. The van der Waals surface area contributed by atoms with Crippen LogP contribution in [0.2, 0.25) is 0 Å². The van der Waals surface area contributed by atoms with Crippen molar-refractivity contribution < 1.29 is 14.4 Å². The minimum atomic E-state index is -0.735. The number of carbonyl (C=O) groups excluding carboxylic acids is 3. The fraction of sp³-hybridized carbons (Fsp3) is 0.625. The number of benzene rings is 1. The molecule has 0 radical (unpaired) electrons. The summed E-state index contributed by atoms with van der Waals surface area (Å²) >= 11 is 0. The van der Waals surface area contributed by atoms with Crippen LogP contribution in [0.15, 0.2) is 30.3 Å². The van der Waals surface area contributed by atoms with Gasteiger partial charge in [-0.3, -0.25) is 14.5 Å². The quantitative estimate of drug-likeness (QED) is 0.734. The second kappa shape index (κ2) is 8.26. The van der Waals surface area contributed by atoms with Gasteiger partial charge >= 0.3 is 6.03 Å². The first-order valence-electron chi connectivity index (χ1n) is 11.8.